The molecular formula is C10H11FO3. The highest BCUT2D eigenvalue weighted by atomic mass is 19.1. The third-order valence-electron chi connectivity index (χ3n) is 1.68. The largest absolute Gasteiger partial charge is 0.508 e. The number of rotatable bonds is 3. The van der Waals surface area contributed by atoms with E-state index in [-0.39, 0.29) is 24.3 Å². The lowest BCUT2D eigenvalue weighted by molar-refractivity contribution is -0.142. The predicted octanol–water partition coefficient (Wildman–Crippen LogP) is 1.64. The minimum absolute atomic E-state index is 0.0977. The number of hydrogen-bond donors (Lipinski definition) is 1. The van der Waals surface area contributed by atoms with Gasteiger partial charge in [-0.15, -0.1) is 0 Å². The van der Waals surface area contributed by atoms with Crippen LogP contribution in [-0.2, 0) is 16.0 Å². The Kier molecular flexibility index (Phi) is 3.45. The number of halogens is 1. The normalized spacial score (nSPS) is 9.86. The summed E-state index contributed by atoms with van der Waals surface area (Å²) in [7, 11) is 0. The van der Waals surface area contributed by atoms with Crippen molar-refractivity contribution in [2.24, 2.45) is 0 Å². The van der Waals surface area contributed by atoms with Gasteiger partial charge in [0.25, 0.3) is 0 Å². The monoisotopic (exact) mass is 198 g/mol. The molecular weight excluding hydrogens is 187 g/mol. The molecule has 0 unspecified atom stereocenters. The van der Waals surface area contributed by atoms with E-state index in [9.17, 15) is 14.3 Å². The lowest BCUT2D eigenvalue weighted by atomic mass is 10.1. The first-order valence-electron chi connectivity index (χ1n) is 4.26. The molecule has 0 aliphatic carbocycles. The van der Waals surface area contributed by atoms with Crippen molar-refractivity contribution in [1.29, 1.82) is 0 Å². The van der Waals surface area contributed by atoms with Crippen LogP contribution in [0, 0.1) is 5.82 Å². The molecule has 0 saturated carbocycles. The molecule has 14 heavy (non-hydrogen) atoms. The first kappa shape index (κ1) is 10.5. The summed E-state index contributed by atoms with van der Waals surface area (Å²) < 4.78 is 17.4. The first-order chi connectivity index (χ1) is 6.63. The van der Waals surface area contributed by atoms with Crippen molar-refractivity contribution < 1.29 is 19.0 Å². The van der Waals surface area contributed by atoms with Gasteiger partial charge in [-0.2, -0.15) is 0 Å². The zero-order valence-electron chi connectivity index (χ0n) is 7.79. The summed E-state index contributed by atoms with van der Waals surface area (Å²) in [5.41, 5.74) is 0.239. The molecule has 0 aliphatic rings. The molecule has 4 heteroatoms. The smallest absolute Gasteiger partial charge is 0.310 e. The maximum absolute atomic E-state index is 12.7. The lowest BCUT2D eigenvalue weighted by Gasteiger charge is -2.04. The Morgan fingerprint density at radius 1 is 1.57 bits per heavy atom. The van der Waals surface area contributed by atoms with Gasteiger partial charge in [0.1, 0.15) is 11.6 Å². The molecule has 0 aromatic heterocycles. The van der Waals surface area contributed by atoms with Gasteiger partial charge in [0.15, 0.2) is 0 Å². The second kappa shape index (κ2) is 4.60. The van der Waals surface area contributed by atoms with Crippen molar-refractivity contribution in [1.82, 2.24) is 0 Å². The molecule has 0 aliphatic heterocycles. The highest BCUT2D eigenvalue weighted by Crippen LogP contribution is 2.18. The molecule has 0 saturated heterocycles. The van der Waals surface area contributed by atoms with Gasteiger partial charge in [0.2, 0.25) is 0 Å². The summed E-state index contributed by atoms with van der Waals surface area (Å²) in [5.74, 6) is -1.06. The number of carbonyl (C=O) groups is 1. The summed E-state index contributed by atoms with van der Waals surface area (Å²) in [6.45, 7) is 1.96. The van der Waals surface area contributed by atoms with Crippen LogP contribution < -0.4 is 0 Å². The van der Waals surface area contributed by atoms with Crippen molar-refractivity contribution >= 4 is 5.97 Å². The SMILES string of the molecule is CCOC(=O)Cc1cc(F)ccc1O. The van der Waals surface area contributed by atoms with E-state index in [0.29, 0.717) is 0 Å². The standard InChI is InChI=1S/C10H11FO3/c1-2-14-10(13)6-7-5-8(11)3-4-9(7)12/h3-5,12H,2,6H2,1H3. The van der Waals surface area contributed by atoms with Gasteiger partial charge in [-0.3, -0.25) is 4.79 Å². The number of esters is 1. The van der Waals surface area contributed by atoms with Crippen LogP contribution in [0.1, 0.15) is 12.5 Å². The van der Waals surface area contributed by atoms with Gasteiger partial charge >= 0.3 is 5.97 Å². The number of phenols is 1. The number of hydrogen-bond acceptors (Lipinski definition) is 3. The maximum atomic E-state index is 12.7. The fourth-order valence-corrected chi connectivity index (χ4v) is 1.06. The molecule has 0 atom stereocenters. The van der Waals surface area contributed by atoms with Gasteiger partial charge in [-0.1, -0.05) is 0 Å². The second-order valence-electron chi connectivity index (χ2n) is 2.75. The maximum Gasteiger partial charge on any atom is 0.310 e. The van der Waals surface area contributed by atoms with E-state index in [2.05, 4.69) is 4.74 Å². The molecule has 1 aromatic rings. The third kappa shape index (κ3) is 2.73. The van der Waals surface area contributed by atoms with Crippen molar-refractivity contribution in [2.75, 3.05) is 6.61 Å². The summed E-state index contributed by atoms with van der Waals surface area (Å²) in [5, 5.41) is 9.28. The number of carbonyl (C=O) groups excluding carboxylic acids is 1. The average Bonchev–Trinajstić information content (AvgIpc) is 2.12. The fraction of sp³-hybridized carbons (Fsp3) is 0.300. The van der Waals surface area contributed by atoms with Gasteiger partial charge in [0, 0.05) is 5.56 Å². The van der Waals surface area contributed by atoms with Crippen molar-refractivity contribution in [3.8, 4) is 5.75 Å². The molecule has 0 spiro atoms. The second-order valence-corrected chi connectivity index (χ2v) is 2.75. The van der Waals surface area contributed by atoms with E-state index in [1.165, 1.54) is 6.07 Å². The van der Waals surface area contributed by atoms with Crippen LogP contribution in [0.5, 0.6) is 5.75 Å². The van der Waals surface area contributed by atoms with E-state index in [4.69, 9.17) is 0 Å². The Morgan fingerprint density at radius 3 is 2.93 bits per heavy atom. The zero-order valence-corrected chi connectivity index (χ0v) is 7.79. The first-order valence-corrected chi connectivity index (χ1v) is 4.26. The predicted molar refractivity (Wildman–Crippen MR) is 48.4 cm³/mol. The molecule has 0 radical (unpaired) electrons. The van der Waals surface area contributed by atoms with Crippen LogP contribution in [0.3, 0.4) is 0 Å². The van der Waals surface area contributed by atoms with Crippen LogP contribution in [0.15, 0.2) is 18.2 Å². The van der Waals surface area contributed by atoms with Gasteiger partial charge < -0.3 is 9.84 Å². The number of aromatic hydroxyl groups is 1. The fourth-order valence-electron chi connectivity index (χ4n) is 1.06. The van der Waals surface area contributed by atoms with Crippen molar-refractivity contribution in [3.63, 3.8) is 0 Å². The Hall–Kier alpha value is -1.58. The highest BCUT2D eigenvalue weighted by Gasteiger charge is 2.08. The molecule has 0 heterocycles. The summed E-state index contributed by atoms with van der Waals surface area (Å²) >= 11 is 0. The Morgan fingerprint density at radius 2 is 2.29 bits per heavy atom. The van der Waals surface area contributed by atoms with E-state index in [1.807, 2.05) is 0 Å². The molecule has 0 amide bonds. The zero-order chi connectivity index (χ0) is 10.6. The van der Waals surface area contributed by atoms with Crippen LogP contribution in [-0.4, -0.2) is 17.7 Å². The van der Waals surface area contributed by atoms with Crippen molar-refractivity contribution in [3.05, 3.63) is 29.6 Å². The molecule has 1 N–H and O–H groups in total. The van der Waals surface area contributed by atoms with Crippen LogP contribution in [0.2, 0.25) is 0 Å². The lowest BCUT2D eigenvalue weighted by Crippen LogP contribution is -2.07. The summed E-state index contributed by atoms with van der Waals surface area (Å²) in [6, 6.07) is 3.46. The number of benzene rings is 1. The highest BCUT2D eigenvalue weighted by molar-refractivity contribution is 5.73. The minimum Gasteiger partial charge on any atom is -0.508 e. The summed E-state index contributed by atoms with van der Waals surface area (Å²) in [6.07, 6.45) is -0.114. The van der Waals surface area contributed by atoms with E-state index >= 15 is 0 Å². The Bertz CT molecular complexity index is 336. The topological polar surface area (TPSA) is 46.5 Å². The molecule has 0 bridgehead atoms. The molecule has 1 rings (SSSR count). The van der Waals surface area contributed by atoms with Gasteiger partial charge in [-0.05, 0) is 25.1 Å². The van der Waals surface area contributed by atoms with E-state index in [0.717, 1.165) is 12.1 Å². The molecule has 3 nitrogen and oxygen atoms in total. The molecule has 76 valence electrons. The average molecular weight is 198 g/mol. The summed E-state index contributed by atoms with van der Waals surface area (Å²) in [4.78, 5) is 11.0. The van der Waals surface area contributed by atoms with Crippen molar-refractivity contribution in [2.45, 2.75) is 13.3 Å². The number of ether oxygens (including phenoxy) is 1. The van der Waals surface area contributed by atoms with Gasteiger partial charge in [-0.25, -0.2) is 4.39 Å². The van der Waals surface area contributed by atoms with E-state index in [1.54, 1.807) is 6.92 Å². The minimum atomic E-state index is -0.484. The Labute approximate surface area is 81.1 Å². The van der Waals surface area contributed by atoms with Crippen LogP contribution in [0.4, 0.5) is 4.39 Å². The molecule has 0 fully saturated rings. The molecule has 1 aromatic carbocycles. The Balaban J connectivity index is 2.75. The van der Waals surface area contributed by atoms with Gasteiger partial charge in [0.05, 0.1) is 13.0 Å². The third-order valence-corrected chi connectivity index (χ3v) is 1.68. The number of phenolic OH excluding ortho intramolecular Hbond substituents is 1. The van der Waals surface area contributed by atoms with E-state index < -0.39 is 11.8 Å². The van der Waals surface area contributed by atoms with Crippen LogP contribution in [0.25, 0.3) is 0 Å². The van der Waals surface area contributed by atoms with Crippen LogP contribution >= 0.6 is 0 Å². The quantitative estimate of drug-likeness (QED) is 0.751.